The Morgan fingerprint density at radius 1 is 0.871 bits per heavy atom. The van der Waals surface area contributed by atoms with Crippen LogP contribution in [-0.2, 0) is 38.9 Å². The largest absolute Gasteiger partial charge is 0.348 e. The number of amides is 1. The molecule has 1 amide bonds. The van der Waals surface area contributed by atoms with Crippen LogP contribution in [0.3, 0.4) is 0 Å². The standard InChI is InChI=1S/C28H32N2O/c1-3-21-9-12-23(4-2)27(17-21)18-29-28(31)25-13-10-22(11-14-25)19-30-16-15-24-7-5-6-8-26(24)20-30/h5-14,17H,3-4,15-16,18-20H2,1-2H3,(H,29,31). The number of benzene rings is 3. The van der Waals surface area contributed by atoms with Gasteiger partial charge in [-0.3, -0.25) is 9.69 Å². The minimum Gasteiger partial charge on any atom is -0.348 e. The summed E-state index contributed by atoms with van der Waals surface area (Å²) in [5.74, 6) is -0.0117. The number of nitrogens with one attached hydrogen (secondary N) is 1. The molecule has 160 valence electrons. The Morgan fingerprint density at radius 3 is 2.35 bits per heavy atom. The smallest absolute Gasteiger partial charge is 0.251 e. The summed E-state index contributed by atoms with van der Waals surface area (Å²) in [5.41, 5.74) is 8.71. The Hall–Kier alpha value is -2.91. The summed E-state index contributed by atoms with van der Waals surface area (Å²) in [4.78, 5) is 15.2. The fourth-order valence-corrected chi connectivity index (χ4v) is 4.40. The summed E-state index contributed by atoms with van der Waals surface area (Å²) in [7, 11) is 0. The van der Waals surface area contributed by atoms with Crippen molar-refractivity contribution in [3.8, 4) is 0 Å². The van der Waals surface area contributed by atoms with Gasteiger partial charge in [-0.1, -0.05) is 68.4 Å². The average molecular weight is 413 g/mol. The summed E-state index contributed by atoms with van der Waals surface area (Å²) in [5, 5.41) is 3.10. The molecule has 1 aliphatic heterocycles. The molecule has 0 radical (unpaired) electrons. The van der Waals surface area contributed by atoms with Crippen molar-refractivity contribution in [2.45, 2.75) is 52.7 Å². The highest BCUT2D eigenvalue weighted by atomic mass is 16.1. The lowest BCUT2D eigenvalue weighted by atomic mass is 9.99. The first-order chi connectivity index (χ1) is 15.2. The molecule has 1 N–H and O–H groups in total. The first-order valence-electron chi connectivity index (χ1n) is 11.4. The second-order valence-corrected chi connectivity index (χ2v) is 8.42. The Bertz CT molecular complexity index is 1040. The van der Waals surface area contributed by atoms with E-state index >= 15 is 0 Å². The quantitative estimate of drug-likeness (QED) is 0.571. The second-order valence-electron chi connectivity index (χ2n) is 8.42. The van der Waals surface area contributed by atoms with Crippen LogP contribution in [0.15, 0.2) is 66.7 Å². The van der Waals surface area contributed by atoms with Gasteiger partial charge < -0.3 is 5.32 Å². The Labute approximate surface area is 186 Å². The summed E-state index contributed by atoms with van der Waals surface area (Å²) in [6.07, 6.45) is 3.09. The van der Waals surface area contributed by atoms with Crippen LogP contribution < -0.4 is 5.32 Å². The summed E-state index contributed by atoms with van der Waals surface area (Å²) >= 11 is 0. The molecular weight excluding hydrogens is 380 g/mol. The van der Waals surface area contributed by atoms with Crippen molar-refractivity contribution in [3.05, 3.63) is 106 Å². The lowest BCUT2D eigenvalue weighted by Gasteiger charge is -2.28. The van der Waals surface area contributed by atoms with E-state index in [1.165, 1.54) is 33.4 Å². The molecule has 31 heavy (non-hydrogen) atoms. The maximum Gasteiger partial charge on any atom is 0.251 e. The third kappa shape index (κ3) is 5.23. The van der Waals surface area contributed by atoms with Crippen molar-refractivity contribution in [1.29, 1.82) is 0 Å². The number of hydrogen-bond acceptors (Lipinski definition) is 2. The van der Waals surface area contributed by atoms with E-state index in [0.29, 0.717) is 6.54 Å². The van der Waals surface area contributed by atoms with Gasteiger partial charge in [-0.25, -0.2) is 0 Å². The molecular formula is C28H32N2O. The van der Waals surface area contributed by atoms with Crippen molar-refractivity contribution in [3.63, 3.8) is 0 Å². The maximum absolute atomic E-state index is 12.7. The van der Waals surface area contributed by atoms with E-state index in [9.17, 15) is 4.79 Å². The highest BCUT2D eigenvalue weighted by Crippen LogP contribution is 2.20. The fourth-order valence-electron chi connectivity index (χ4n) is 4.40. The van der Waals surface area contributed by atoms with E-state index in [2.05, 4.69) is 78.7 Å². The zero-order chi connectivity index (χ0) is 21.6. The fraction of sp³-hybridized carbons (Fsp3) is 0.321. The maximum atomic E-state index is 12.7. The molecule has 0 bridgehead atoms. The van der Waals surface area contributed by atoms with E-state index in [-0.39, 0.29) is 5.91 Å². The van der Waals surface area contributed by atoms with E-state index in [4.69, 9.17) is 0 Å². The molecule has 3 aromatic carbocycles. The molecule has 0 saturated carbocycles. The molecule has 0 atom stereocenters. The predicted octanol–water partition coefficient (Wildman–Crippen LogP) is 5.30. The number of fused-ring (bicyclic) bond motifs is 1. The van der Waals surface area contributed by atoms with Crippen LogP contribution in [0.2, 0.25) is 0 Å². The number of carbonyl (C=O) groups is 1. The van der Waals surface area contributed by atoms with Gasteiger partial charge in [0, 0.05) is 31.7 Å². The predicted molar refractivity (Wildman–Crippen MR) is 127 cm³/mol. The Morgan fingerprint density at radius 2 is 1.61 bits per heavy atom. The molecule has 3 aromatic rings. The van der Waals surface area contributed by atoms with E-state index in [0.717, 1.165) is 44.5 Å². The number of rotatable bonds is 7. The van der Waals surface area contributed by atoms with E-state index < -0.39 is 0 Å². The normalized spacial score (nSPS) is 13.6. The van der Waals surface area contributed by atoms with Gasteiger partial charge >= 0.3 is 0 Å². The minimum absolute atomic E-state index is 0.0117. The first kappa shape index (κ1) is 21.3. The van der Waals surface area contributed by atoms with Crippen molar-refractivity contribution in [1.82, 2.24) is 10.2 Å². The van der Waals surface area contributed by atoms with Crippen LogP contribution in [0.25, 0.3) is 0 Å². The SMILES string of the molecule is CCc1ccc(CC)c(CNC(=O)c2ccc(CN3CCc4ccccc4C3)cc2)c1. The van der Waals surface area contributed by atoms with Gasteiger partial charge in [-0.15, -0.1) is 0 Å². The van der Waals surface area contributed by atoms with Crippen molar-refractivity contribution in [2.75, 3.05) is 6.54 Å². The van der Waals surface area contributed by atoms with Gasteiger partial charge in [0.2, 0.25) is 0 Å². The highest BCUT2D eigenvalue weighted by Gasteiger charge is 2.16. The molecule has 0 spiro atoms. The van der Waals surface area contributed by atoms with Crippen LogP contribution in [0.4, 0.5) is 0 Å². The molecule has 1 heterocycles. The van der Waals surface area contributed by atoms with Crippen LogP contribution >= 0.6 is 0 Å². The highest BCUT2D eigenvalue weighted by molar-refractivity contribution is 5.94. The van der Waals surface area contributed by atoms with Crippen LogP contribution in [0, 0.1) is 0 Å². The lowest BCUT2D eigenvalue weighted by molar-refractivity contribution is 0.0951. The third-order valence-corrected chi connectivity index (χ3v) is 6.33. The van der Waals surface area contributed by atoms with Crippen LogP contribution in [0.1, 0.15) is 57.6 Å². The Balaban J connectivity index is 1.35. The van der Waals surface area contributed by atoms with Crippen molar-refractivity contribution >= 4 is 5.91 Å². The van der Waals surface area contributed by atoms with E-state index in [1.54, 1.807) is 0 Å². The van der Waals surface area contributed by atoms with Gasteiger partial charge in [0.05, 0.1) is 0 Å². The molecule has 0 aromatic heterocycles. The van der Waals surface area contributed by atoms with Gasteiger partial charge in [-0.05, 0) is 64.8 Å². The molecule has 0 aliphatic carbocycles. The first-order valence-corrected chi connectivity index (χ1v) is 11.4. The van der Waals surface area contributed by atoms with Crippen LogP contribution in [-0.4, -0.2) is 17.4 Å². The summed E-state index contributed by atoms with van der Waals surface area (Å²) in [6, 6.07) is 23.4. The zero-order valence-electron chi connectivity index (χ0n) is 18.7. The summed E-state index contributed by atoms with van der Waals surface area (Å²) < 4.78 is 0. The average Bonchev–Trinajstić information content (AvgIpc) is 2.82. The van der Waals surface area contributed by atoms with Crippen molar-refractivity contribution in [2.24, 2.45) is 0 Å². The van der Waals surface area contributed by atoms with Gasteiger partial charge in [0.15, 0.2) is 0 Å². The molecule has 4 rings (SSSR count). The Kier molecular flexibility index (Phi) is 6.83. The molecule has 0 fully saturated rings. The molecule has 0 unspecified atom stereocenters. The molecule has 0 saturated heterocycles. The molecule has 3 heteroatoms. The third-order valence-electron chi connectivity index (χ3n) is 6.33. The van der Waals surface area contributed by atoms with Crippen molar-refractivity contribution < 1.29 is 4.79 Å². The minimum atomic E-state index is -0.0117. The zero-order valence-corrected chi connectivity index (χ0v) is 18.7. The number of carbonyl (C=O) groups excluding carboxylic acids is 1. The molecule has 3 nitrogen and oxygen atoms in total. The van der Waals surface area contributed by atoms with Gasteiger partial charge in [0.1, 0.15) is 0 Å². The summed E-state index contributed by atoms with van der Waals surface area (Å²) in [6.45, 7) is 7.88. The lowest BCUT2D eigenvalue weighted by Crippen LogP contribution is -2.30. The van der Waals surface area contributed by atoms with Gasteiger partial charge in [-0.2, -0.15) is 0 Å². The number of aryl methyl sites for hydroxylation is 2. The molecule has 1 aliphatic rings. The number of hydrogen-bond donors (Lipinski definition) is 1. The van der Waals surface area contributed by atoms with Crippen LogP contribution in [0.5, 0.6) is 0 Å². The number of nitrogens with zero attached hydrogens (tertiary/aromatic N) is 1. The van der Waals surface area contributed by atoms with Gasteiger partial charge in [0.25, 0.3) is 5.91 Å². The second kappa shape index (κ2) is 9.93. The van der Waals surface area contributed by atoms with E-state index in [1.807, 2.05) is 12.1 Å². The topological polar surface area (TPSA) is 32.3 Å². The monoisotopic (exact) mass is 412 g/mol.